The van der Waals surface area contributed by atoms with Crippen LogP contribution >= 0.6 is 0 Å². The molecule has 0 amide bonds. The van der Waals surface area contributed by atoms with Crippen LogP contribution < -0.4 is 15.9 Å². The minimum atomic E-state index is -0.324. The van der Waals surface area contributed by atoms with Gasteiger partial charge in [0.1, 0.15) is 6.17 Å². The number of hydrogen-bond donors (Lipinski definition) is 2. The molecule has 1 unspecified atom stereocenters. The molecule has 0 aliphatic carbocycles. The summed E-state index contributed by atoms with van der Waals surface area (Å²) in [4.78, 5) is 0. The first-order valence-corrected chi connectivity index (χ1v) is 6.02. The van der Waals surface area contributed by atoms with Crippen LogP contribution in [-0.2, 0) is 6.54 Å². The van der Waals surface area contributed by atoms with E-state index in [2.05, 4.69) is 10.6 Å². The molecule has 96 valence electrons. The minimum absolute atomic E-state index is 0.118. The number of anilines is 2. The first kappa shape index (κ1) is 12.1. The Morgan fingerprint density at radius 3 is 2.74 bits per heavy atom. The second-order valence-corrected chi connectivity index (χ2v) is 4.38. The van der Waals surface area contributed by atoms with Crippen LogP contribution in [0.3, 0.4) is 0 Å². The van der Waals surface area contributed by atoms with Crippen molar-refractivity contribution in [1.82, 2.24) is 10.5 Å². The van der Waals surface area contributed by atoms with Crippen LogP contribution in [0.5, 0.6) is 0 Å². The minimum Gasteiger partial charge on any atom is -0.539 e. The van der Waals surface area contributed by atoms with E-state index >= 15 is 0 Å². The molecular weight excluding hydrogens is 242 g/mol. The fourth-order valence-corrected chi connectivity index (χ4v) is 2.25. The maximum Gasteiger partial charge on any atom is 0.227 e. The van der Waals surface area contributed by atoms with E-state index < -0.39 is 0 Å². The summed E-state index contributed by atoms with van der Waals surface area (Å²) in [6.45, 7) is 0.590. The summed E-state index contributed by atoms with van der Waals surface area (Å²) in [7, 11) is 0. The maximum absolute atomic E-state index is 11.2. The lowest BCUT2D eigenvalue weighted by Gasteiger charge is -2.27. The highest BCUT2D eigenvalue weighted by Gasteiger charge is 2.25. The molecule has 2 aromatic carbocycles. The number of benzene rings is 2. The number of hydrogen-bond acceptors (Lipinski definition) is 4. The Hall–Kier alpha value is -1.92. The molecule has 1 aliphatic heterocycles. The van der Waals surface area contributed by atoms with Crippen LogP contribution in [0.1, 0.15) is 17.3 Å². The van der Waals surface area contributed by atoms with Crippen molar-refractivity contribution >= 4 is 11.4 Å². The number of nitrogens with one attached hydrogen (secondary N) is 1. The molecule has 5 nitrogen and oxygen atoms in total. The third-order valence-electron chi connectivity index (χ3n) is 3.19. The lowest BCUT2D eigenvalue weighted by Crippen LogP contribution is -2.28. The van der Waals surface area contributed by atoms with Gasteiger partial charge in [-0.25, -0.2) is 5.32 Å². The largest absolute Gasteiger partial charge is 0.539 e. The lowest BCUT2D eigenvalue weighted by molar-refractivity contribution is 0.119. The van der Waals surface area contributed by atoms with Gasteiger partial charge in [-0.2, -0.15) is 5.21 Å². The molecule has 1 aliphatic rings. The van der Waals surface area contributed by atoms with Crippen LogP contribution in [0.15, 0.2) is 48.5 Å². The van der Waals surface area contributed by atoms with E-state index in [9.17, 15) is 5.21 Å². The zero-order chi connectivity index (χ0) is 13.2. The van der Waals surface area contributed by atoms with E-state index in [1.54, 1.807) is 18.2 Å². The summed E-state index contributed by atoms with van der Waals surface area (Å²) < 4.78 is 0. The second-order valence-electron chi connectivity index (χ2n) is 4.38. The van der Waals surface area contributed by atoms with E-state index in [1.807, 2.05) is 30.3 Å². The van der Waals surface area contributed by atoms with Crippen LogP contribution in [0.4, 0.5) is 11.4 Å². The highest BCUT2D eigenvalue weighted by molar-refractivity contribution is 5.57. The lowest BCUT2D eigenvalue weighted by atomic mass is 10.1. The summed E-state index contributed by atoms with van der Waals surface area (Å²) in [6.07, 6.45) is -0.324. The van der Waals surface area contributed by atoms with Gasteiger partial charge in [-0.05, 0) is 17.7 Å². The van der Waals surface area contributed by atoms with Crippen LogP contribution in [-0.4, -0.2) is 5.21 Å². The fourth-order valence-electron chi connectivity index (χ4n) is 2.25. The molecule has 0 bridgehead atoms. The van der Waals surface area contributed by atoms with Gasteiger partial charge in [0.25, 0.3) is 0 Å². The third kappa shape index (κ3) is 2.32. The molecule has 1 atom stereocenters. The van der Waals surface area contributed by atoms with E-state index in [0.717, 1.165) is 11.3 Å². The Bertz CT molecular complexity index is 586. The van der Waals surface area contributed by atoms with E-state index in [0.29, 0.717) is 12.1 Å². The van der Waals surface area contributed by atoms with Crippen molar-refractivity contribution in [1.29, 1.82) is 0 Å². The van der Waals surface area contributed by atoms with Crippen molar-refractivity contribution < 1.29 is 5.21 Å². The summed E-state index contributed by atoms with van der Waals surface area (Å²) in [5.41, 5.74) is 3.00. The highest BCUT2D eigenvalue weighted by atomic mass is 16.8. The zero-order valence-electron chi connectivity index (χ0n) is 10.2. The van der Waals surface area contributed by atoms with Gasteiger partial charge in [-0.1, -0.05) is 30.3 Å². The first-order valence-electron chi connectivity index (χ1n) is 6.02. The Morgan fingerprint density at radius 1 is 1.16 bits per heavy atom. The third-order valence-corrected chi connectivity index (χ3v) is 3.19. The van der Waals surface area contributed by atoms with Crippen molar-refractivity contribution in [3.63, 3.8) is 0 Å². The summed E-state index contributed by atoms with van der Waals surface area (Å²) in [6, 6.07) is 14.8. The number of fused-ring (bicyclic) bond motifs is 1. The molecular formula is C14H13N3O2. The standard InChI is InChI=1S/C14H13N3O2/c18-17(19)13-8-4-2-6-11(13)14-15-9-10-5-1-3-7-12(10)16-14/h1-8,14,16,18H,9H2. The number of rotatable bonds is 2. The van der Waals surface area contributed by atoms with Gasteiger partial charge in [0, 0.05) is 23.5 Å². The van der Waals surface area contributed by atoms with Gasteiger partial charge in [0.15, 0.2) is 0 Å². The molecule has 5 heteroatoms. The second kappa shape index (κ2) is 4.99. The van der Waals surface area contributed by atoms with Crippen LogP contribution in [0.25, 0.3) is 0 Å². The predicted molar refractivity (Wildman–Crippen MR) is 72.0 cm³/mol. The molecule has 3 rings (SSSR count). The van der Waals surface area contributed by atoms with Gasteiger partial charge in [-0.3, -0.25) is 0 Å². The quantitative estimate of drug-likeness (QED) is 0.810. The van der Waals surface area contributed by atoms with Gasteiger partial charge in [0.2, 0.25) is 5.69 Å². The fraction of sp³-hybridized carbons (Fsp3) is 0.143. The number of para-hydroxylation sites is 2. The van der Waals surface area contributed by atoms with Crippen molar-refractivity contribution in [2.45, 2.75) is 12.7 Å². The molecule has 2 N–H and O–H groups in total. The highest BCUT2D eigenvalue weighted by Crippen LogP contribution is 2.31. The predicted octanol–water partition coefficient (Wildman–Crippen LogP) is 2.57. The molecule has 0 saturated carbocycles. The Kier molecular flexibility index (Phi) is 3.18. The molecule has 0 fully saturated rings. The molecule has 0 aromatic heterocycles. The van der Waals surface area contributed by atoms with E-state index in [4.69, 9.17) is 5.21 Å². The van der Waals surface area contributed by atoms with Crippen molar-refractivity contribution in [3.8, 4) is 0 Å². The molecule has 1 heterocycles. The summed E-state index contributed by atoms with van der Waals surface area (Å²) in [5.74, 6) is 0. The molecule has 2 radical (unpaired) electrons. The van der Waals surface area contributed by atoms with E-state index in [1.165, 1.54) is 0 Å². The average Bonchev–Trinajstić information content (AvgIpc) is 2.46. The van der Waals surface area contributed by atoms with Crippen LogP contribution in [0.2, 0.25) is 0 Å². The SMILES string of the molecule is [O-][N+](O)c1ccccc1C1[N]Cc2ccccc2N1. The van der Waals surface area contributed by atoms with Gasteiger partial charge >= 0.3 is 0 Å². The van der Waals surface area contributed by atoms with E-state index in [-0.39, 0.29) is 17.1 Å². The molecule has 19 heavy (non-hydrogen) atoms. The molecule has 0 saturated heterocycles. The van der Waals surface area contributed by atoms with Gasteiger partial charge < -0.3 is 10.5 Å². The van der Waals surface area contributed by atoms with Crippen LogP contribution in [0, 0.1) is 5.21 Å². The first-order chi connectivity index (χ1) is 9.25. The Morgan fingerprint density at radius 2 is 1.89 bits per heavy atom. The summed E-state index contributed by atoms with van der Waals surface area (Å²) >= 11 is 0. The van der Waals surface area contributed by atoms with Crippen molar-refractivity contribution in [2.75, 3.05) is 5.32 Å². The zero-order valence-corrected chi connectivity index (χ0v) is 10.2. The number of nitrogens with zero attached hydrogens (tertiary/aromatic N) is 2. The maximum atomic E-state index is 11.2. The Labute approximate surface area is 111 Å². The van der Waals surface area contributed by atoms with Gasteiger partial charge in [-0.15, -0.1) is 0 Å². The van der Waals surface area contributed by atoms with Crippen molar-refractivity contribution in [2.24, 2.45) is 0 Å². The average molecular weight is 255 g/mol. The molecule has 0 spiro atoms. The normalized spacial score (nSPS) is 17.9. The van der Waals surface area contributed by atoms with Gasteiger partial charge in [0.05, 0.1) is 5.56 Å². The summed E-state index contributed by atoms with van der Waals surface area (Å²) in [5, 5.41) is 27.9. The Balaban J connectivity index is 1.93. The monoisotopic (exact) mass is 255 g/mol. The topological polar surface area (TPSA) is 75.3 Å². The van der Waals surface area contributed by atoms with Crippen molar-refractivity contribution in [3.05, 3.63) is 64.9 Å². The smallest absolute Gasteiger partial charge is 0.227 e. The molecule has 2 aromatic rings.